The van der Waals surface area contributed by atoms with E-state index in [0.717, 1.165) is 22.4 Å². The van der Waals surface area contributed by atoms with Crippen LogP contribution in [0.5, 0.6) is 11.5 Å². The first-order valence-corrected chi connectivity index (χ1v) is 9.20. The maximum atomic E-state index is 6.41. The van der Waals surface area contributed by atoms with Crippen LogP contribution in [-0.2, 0) is 13.1 Å². The van der Waals surface area contributed by atoms with Gasteiger partial charge in [0, 0.05) is 6.54 Å². The fourth-order valence-corrected chi connectivity index (χ4v) is 3.03. The number of nitrogens with zero attached hydrogens (tertiary/aromatic N) is 1. The van der Waals surface area contributed by atoms with Gasteiger partial charge >= 0.3 is 0 Å². The van der Waals surface area contributed by atoms with Crippen molar-refractivity contribution in [1.82, 2.24) is 15.3 Å². The molecule has 0 unspecified atom stereocenters. The number of nitrogens with one attached hydrogen (secondary N) is 2. The molecule has 3 aromatic rings. The summed E-state index contributed by atoms with van der Waals surface area (Å²) < 4.78 is 11.5. The number of fused-ring (bicyclic) bond motifs is 1. The molecular formula is C20H24ClN3O2. The largest absolute Gasteiger partial charge is 0.490 e. The predicted octanol–water partition coefficient (Wildman–Crippen LogP) is 4.69. The molecular weight excluding hydrogens is 350 g/mol. The lowest BCUT2D eigenvalue weighted by atomic mass is 10.2. The number of hydrogen-bond donors (Lipinski definition) is 2. The second-order valence-electron chi connectivity index (χ2n) is 6.31. The van der Waals surface area contributed by atoms with Crippen molar-refractivity contribution in [3.63, 3.8) is 0 Å². The van der Waals surface area contributed by atoms with Crippen molar-refractivity contribution in [2.45, 2.75) is 40.0 Å². The molecule has 0 amide bonds. The van der Waals surface area contributed by atoms with Crippen LogP contribution in [-0.4, -0.2) is 22.7 Å². The van der Waals surface area contributed by atoms with Crippen molar-refractivity contribution in [3.8, 4) is 11.5 Å². The molecule has 2 N–H and O–H groups in total. The smallest absolute Gasteiger partial charge is 0.180 e. The van der Waals surface area contributed by atoms with Crippen LogP contribution in [0.25, 0.3) is 11.0 Å². The van der Waals surface area contributed by atoms with E-state index in [9.17, 15) is 0 Å². The van der Waals surface area contributed by atoms with E-state index < -0.39 is 0 Å². The molecule has 138 valence electrons. The van der Waals surface area contributed by atoms with E-state index in [1.807, 2.05) is 57.2 Å². The Balaban J connectivity index is 1.68. The van der Waals surface area contributed by atoms with Crippen LogP contribution in [0.15, 0.2) is 36.4 Å². The minimum Gasteiger partial charge on any atom is -0.490 e. The van der Waals surface area contributed by atoms with Gasteiger partial charge in [-0.05, 0) is 50.6 Å². The Bertz CT molecular complexity index is 844. The number of benzene rings is 2. The molecule has 0 spiro atoms. The minimum atomic E-state index is 0.0313. The number of ether oxygens (including phenoxy) is 2. The van der Waals surface area contributed by atoms with Crippen LogP contribution in [0.4, 0.5) is 0 Å². The number of aromatic amines is 1. The summed E-state index contributed by atoms with van der Waals surface area (Å²) in [5.41, 5.74) is 3.05. The van der Waals surface area contributed by atoms with Crippen LogP contribution in [0, 0.1) is 0 Å². The molecule has 0 aliphatic heterocycles. The number of para-hydroxylation sites is 2. The van der Waals surface area contributed by atoms with Crippen molar-refractivity contribution >= 4 is 22.6 Å². The van der Waals surface area contributed by atoms with Crippen LogP contribution in [0.1, 0.15) is 32.2 Å². The summed E-state index contributed by atoms with van der Waals surface area (Å²) in [4.78, 5) is 7.88. The summed E-state index contributed by atoms with van der Waals surface area (Å²) in [6.45, 7) is 7.73. The SMILES string of the molecule is CCOc1cc(CNCc2nc3ccccc3[nH]2)cc(Cl)c1OC(C)C. The third-order valence-electron chi connectivity index (χ3n) is 3.78. The van der Waals surface area contributed by atoms with E-state index in [1.54, 1.807) is 0 Å². The lowest BCUT2D eigenvalue weighted by molar-refractivity contribution is 0.224. The number of rotatable bonds is 8. The number of aromatic nitrogens is 2. The topological polar surface area (TPSA) is 59.2 Å². The van der Waals surface area contributed by atoms with Gasteiger partial charge in [0.15, 0.2) is 11.5 Å². The van der Waals surface area contributed by atoms with Gasteiger partial charge in [-0.25, -0.2) is 4.98 Å². The molecule has 0 aliphatic rings. The molecule has 1 aromatic heterocycles. The van der Waals surface area contributed by atoms with Gasteiger partial charge in [0.05, 0.1) is 35.3 Å². The Hall–Kier alpha value is -2.24. The molecule has 1 heterocycles. The molecule has 2 aromatic carbocycles. The third kappa shape index (κ3) is 4.48. The first-order valence-electron chi connectivity index (χ1n) is 8.83. The molecule has 0 radical (unpaired) electrons. The maximum Gasteiger partial charge on any atom is 0.180 e. The van der Waals surface area contributed by atoms with Crippen LogP contribution in [0.2, 0.25) is 5.02 Å². The second-order valence-corrected chi connectivity index (χ2v) is 6.72. The highest BCUT2D eigenvalue weighted by molar-refractivity contribution is 6.32. The molecule has 5 nitrogen and oxygen atoms in total. The highest BCUT2D eigenvalue weighted by atomic mass is 35.5. The van der Waals surface area contributed by atoms with Crippen molar-refractivity contribution in [1.29, 1.82) is 0 Å². The average Bonchev–Trinajstić information content (AvgIpc) is 3.00. The molecule has 3 rings (SSSR count). The minimum absolute atomic E-state index is 0.0313. The molecule has 0 saturated heterocycles. The van der Waals surface area contributed by atoms with Gasteiger partial charge in [0.25, 0.3) is 0 Å². The Morgan fingerprint density at radius 2 is 2.00 bits per heavy atom. The molecule has 26 heavy (non-hydrogen) atoms. The zero-order valence-corrected chi connectivity index (χ0v) is 16.1. The summed E-state index contributed by atoms with van der Waals surface area (Å²) in [6, 6.07) is 11.9. The van der Waals surface area contributed by atoms with Crippen molar-refractivity contribution < 1.29 is 9.47 Å². The van der Waals surface area contributed by atoms with E-state index in [0.29, 0.717) is 36.2 Å². The normalized spacial score (nSPS) is 11.3. The first kappa shape index (κ1) is 18.5. The number of imidazole rings is 1. The van der Waals surface area contributed by atoms with E-state index in [1.165, 1.54) is 0 Å². The van der Waals surface area contributed by atoms with E-state index in [-0.39, 0.29) is 6.10 Å². The van der Waals surface area contributed by atoms with Gasteiger partial charge < -0.3 is 19.8 Å². The molecule has 0 bridgehead atoms. The standard InChI is InChI=1S/C20H24ClN3O2/c1-4-25-18-10-14(9-15(21)20(18)26-13(2)3)11-22-12-19-23-16-7-5-6-8-17(16)24-19/h5-10,13,22H,4,11-12H2,1-3H3,(H,23,24). The molecule has 0 saturated carbocycles. The highest BCUT2D eigenvalue weighted by Gasteiger charge is 2.14. The predicted molar refractivity (Wildman–Crippen MR) is 105 cm³/mol. The number of hydrogen-bond acceptors (Lipinski definition) is 4. The third-order valence-corrected chi connectivity index (χ3v) is 4.06. The van der Waals surface area contributed by atoms with Gasteiger partial charge in [-0.2, -0.15) is 0 Å². The fourth-order valence-electron chi connectivity index (χ4n) is 2.75. The van der Waals surface area contributed by atoms with Gasteiger partial charge in [0.2, 0.25) is 0 Å². The summed E-state index contributed by atoms with van der Waals surface area (Å²) in [7, 11) is 0. The Labute approximate surface area is 158 Å². The van der Waals surface area contributed by atoms with Gasteiger partial charge in [-0.15, -0.1) is 0 Å². The summed E-state index contributed by atoms with van der Waals surface area (Å²) in [5.74, 6) is 2.18. The summed E-state index contributed by atoms with van der Waals surface area (Å²) in [6.07, 6.45) is 0.0313. The van der Waals surface area contributed by atoms with Crippen molar-refractivity contribution in [2.24, 2.45) is 0 Å². The Kier molecular flexibility index (Phi) is 6.01. The lowest BCUT2D eigenvalue weighted by Gasteiger charge is -2.17. The van der Waals surface area contributed by atoms with Crippen LogP contribution >= 0.6 is 11.6 Å². The van der Waals surface area contributed by atoms with Crippen LogP contribution in [0.3, 0.4) is 0 Å². The Morgan fingerprint density at radius 1 is 1.19 bits per heavy atom. The Morgan fingerprint density at radius 3 is 2.73 bits per heavy atom. The number of H-pyrrole nitrogens is 1. The zero-order chi connectivity index (χ0) is 18.5. The van der Waals surface area contributed by atoms with E-state index in [4.69, 9.17) is 21.1 Å². The molecule has 0 aliphatic carbocycles. The first-order chi connectivity index (χ1) is 12.6. The van der Waals surface area contributed by atoms with E-state index in [2.05, 4.69) is 15.3 Å². The summed E-state index contributed by atoms with van der Waals surface area (Å²) in [5, 5.41) is 3.95. The quantitative estimate of drug-likeness (QED) is 0.601. The van der Waals surface area contributed by atoms with Gasteiger partial charge in [-0.1, -0.05) is 23.7 Å². The van der Waals surface area contributed by atoms with E-state index >= 15 is 0 Å². The summed E-state index contributed by atoms with van der Waals surface area (Å²) >= 11 is 6.41. The fraction of sp³-hybridized carbons (Fsp3) is 0.350. The second kappa shape index (κ2) is 8.43. The molecule has 0 atom stereocenters. The lowest BCUT2D eigenvalue weighted by Crippen LogP contribution is -2.14. The van der Waals surface area contributed by atoms with Gasteiger partial charge in [0.1, 0.15) is 5.82 Å². The zero-order valence-electron chi connectivity index (χ0n) is 15.3. The monoisotopic (exact) mass is 373 g/mol. The van der Waals surface area contributed by atoms with Crippen molar-refractivity contribution in [2.75, 3.05) is 6.61 Å². The molecule has 0 fully saturated rings. The number of halogens is 1. The maximum absolute atomic E-state index is 6.41. The highest BCUT2D eigenvalue weighted by Crippen LogP contribution is 2.37. The van der Waals surface area contributed by atoms with Gasteiger partial charge in [-0.3, -0.25) is 0 Å². The molecule has 6 heteroatoms. The van der Waals surface area contributed by atoms with Crippen LogP contribution < -0.4 is 14.8 Å². The average molecular weight is 374 g/mol. The van der Waals surface area contributed by atoms with Crippen molar-refractivity contribution in [3.05, 3.63) is 52.8 Å².